The Hall–Kier alpha value is -0.570. The average Bonchev–Trinajstić information content (AvgIpc) is 2.54. The standard InChI is InChI=1S/C13H25NO2/c1-3-14-10-11(2)13(15)16-12-8-6-4-5-7-9-12/h11-12,14H,3-10H2,1-2H3. The third-order valence-corrected chi connectivity index (χ3v) is 3.19. The average molecular weight is 227 g/mol. The third-order valence-electron chi connectivity index (χ3n) is 3.19. The van der Waals surface area contributed by atoms with Crippen LogP contribution in [0.15, 0.2) is 0 Å². The maximum absolute atomic E-state index is 11.8. The molecule has 1 N–H and O–H groups in total. The minimum atomic E-state index is -0.0344. The Bertz CT molecular complexity index is 198. The smallest absolute Gasteiger partial charge is 0.310 e. The van der Waals surface area contributed by atoms with Gasteiger partial charge in [0, 0.05) is 6.54 Å². The molecule has 0 aromatic carbocycles. The highest BCUT2D eigenvalue weighted by Gasteiger charge is 2.20. The molecular weight excluding hydrogens is 202 g/mol. The Morgan fingerprint density at radius 1 is 1.31 bits per heavy atom. The predicted octanol–water partition coefficient (Wildman–Crippen LogP) is 2.50. The van der Waals surface area contributed by atoms with Gasteiger partial charge in [-0.25, -0.2) is 0 Å². The topological polar surface area (TPSA) is 38.3 Å². The lowest BCUT2D eigenvalue weighted by Gasteiger charge is -2.18. The molecule has 0 saturated heterocycles. The van der Waals surface area contributed by atoms with Crippen LogP contribution in [-0.2, 0) is 9.53 Å². The fourth-order valence-electron chi connectivity index (χ4n) is 2.08. The Balaban J connectivity index is 2.25. The van der Waals surface area contributed by atoms with E-state index in [1.165, 1.54) is 25.7 Å². The molecule has 16 heavy (non-hydrogen) atoms. The molecule has 1 unspecified atom stereocenters. The molecule has 1 rings (SSSR count). The van der Waals surface area contributed by atoms with Crippen molar-refractivity contribution >= 4 is 5.97 Å². The first-order valence-corrected chi connectivity index (χ1v) is 6.65. The highest BCUT2D eigenvalue weighted by Crippen LogP contribution is 2.20. The second-order valence-corrected chi connectivity index (χ2v) is 4.76. The molecule has 94 valence electrons. The molecule has 3 nitrogen and oxygen atoms in total. The molecule has 1 fully saturated rings. The van der Waals surface area contributed by atoms with Crippen molar-refractivity contribution in [3.63, 3.8) is 0 Å². The lowest BCUT2D eigenvalue weighted by atomic mass is 10.1. The predicted molar refractivity (Wildman–Crippen MR) is 65.3 cm³/mol. The monoisotopic (exact) mass is 227 g/mol. The van der Waals surface area contributed by atoms with Gasteiger partial charge in [0.25, 0.3) is 0 Å². The normalized spacial score (nSPS) is 20.1. The van der Waals surface area contributed by atoms with Crippen molar-refractivity contribution in [1.29, 1.82) is 0 Å². The third kappa shape index (κ3) is 4.97. The van der Waals surface area contributed by atoms with E-state index in [4.69, 9.17) is 4.74 Å². The molecule has 1 saturated carbocycles. The van der Waals surface area contributed by atoms with E-state index in [0.29, 0.717) is 0 Å². The zero-order valence-corrected chi connectivity index (χ0v) is 10.6. The summed E-state index contributed by atoms with van der Waals surface area (Å²) < 4.78 is 5.55. The number of carbonyl (C=O) groups excluding carboxylic acids is 1. The van der Waals surface area contributed by atoms with Gasteiger partial charge < -0.3 is 10.1 Å². The van der Waals surface area contributed by atoms with E-state index in [2.05, 4.69) is 5.32 Å². The first-order chi connectivity index (χ1) is 7.74. The van der Waals surface area contributed by atoms with Crippen LogP contribution in [0.4, 0.5) is 0 Å². The van der Waals surface area contributed by atoms with Gasteiger partial charge in [-0.3, -0.25) is 4.79 Å². The number of hydrogen-bond acceptors (Lipinski definition) is 3. The summed E-state index contributed by atoms with van der Waals surface area (Å²) in [6.45, 7) is 5.61. The van der Waals surface area contributed by atoms with Crippen molar-refractivity contribution < 1.29 is 9.53 Å². The fourth-order valence-corrected chi connectivity index (χ4v) is 2.08. The summed E-state index contributed by atoms with van der Waals surface area (Å²) in [5.41, 5.74) is 0. The van der Waals surface area contributed by atoms with Crippen molar-refractivity contribution in [2.75, 3.05) is 13.1 Å². The zero-order chi connectivity index (χ0) is 11.8. The van der Waals surface area contributed by atoms with Gasteiger partial charge in [-0.2, -0.15) is 0 Å². The highest BCUT2D eigenvalue weighted by molar-refractivity contribution is 5.72. The van der Waals surface area contributed by atoms with Crippen molar-refractivity contribution in [2.45, 2.75) is 58.5 Å². The van der Waals surface area contributed by atoms with Crippen LogP contribution in [0.1, 0.15) is 52.4 Å². The molecule has 1 atom stereocenters. The molecule has 0 radical (unpaired) electrons. The van der Waals surface area contributed by atoms with Gasteiger partial charge in [0.2, 0.25) is 0 Å². The minimum absolute atomic E-state index is 0.0248. The van der Waals surface area contributed by atoms with Crippen LogP contribution in [0.25, 0.3) is 0 Å². The SMILES string of the molecule is CCNCC(C)C(=O)OC1CCCCCC1. The van der Waals surface area contributed by atoms with E-state index < -0.39 is 0 Å². The zero-order valence-electron chi connectivity index (χ0n) is 10.6. The lowest BCUT2D eigenvalue weighted by Crippen LogP contribution is -2.30. The Labute approximate surface area is 98.9 Å². The number of ether oxygens (including phenoxy) is 1. The molecule has 1 aliphatic carbocycles. The van der Waals surface area contributed by atoms with Crippen LogP contribution in [0.5, 0.6) is 0 Å². The van der Waals surface area contributed by atoms with Crippen LogP contribution < -0.4 is 5.32 Å². The molecule has 0 aromatic rings. The summed E-state index contributed by atoms with van der Waals surface area (Å²) >= 11 is 0. The summed E-state index contributed by atoms with van der Waals surface area (Å²) in [6, 6.07) is 0. The summed E-state index contributed by atoms with van der Waals surface area (Å²) in [5.74, 6) is -0.0592. The summed E-state index contributed by atoms with van der Waals surface area (Å²) in [5, 5.41) is 3.18. The van der Waals surface area contributed by atoms with Gasteiger partial charge in [-0.15, -0.1) is 0 Å². The second-order valence-electron chi connectivity index (χ2n) is 4.76. The molecule has 0 spiro atoms. The molecule has 0 heterocycles. The first-order valence-electron chi connectivity index (χ1n) is 6.65. The summed E-state index contributed by atoms with van der Waals surface area (Å²) in [7, 11) is 0. The largest absolute Gasteiger partial charge is 0.462 e. The second kappa shape index (κ2) is 7.66. The van der Waals surface area contributed by atoms with Crippen LogP contribution in [0.2, 0.25) is 0 Å². The van der Waals surface area contributed by atoms with Crippen molar-refractivity contribution in [3.05, 3.63) is 0 Å². The lowest BCUT2D eigenvalue weighted by molar-refractivity contribution is -0.153. The van der Waals surface area contributed by atoms with E-state index in [0.717, 1.165) is 25.9 Å². The molecule has 0 bridgehead atoms. The maximum Gasteiger partial charge on any atom is 0.310 e. The Kier molecular flexibility index (Phi) is 6.46. The number of esters is 1. The van der Waals surface area contributed by atoms with Crippen molar-refractivity contribution in [3.8, 4) is 0 Å². The molecular formula is C13H25NO2. The van der Waals surface area contributed by atoms with Gasteiger partial charge in [-0.1, -0.05) is 26.7 Å². The van der Waals surface area contributed by atoms with Crippen molar-refractivity contribution in [1.82, 2.24) is 5.32 Å². The minimum Gasteiger partial charge on any atom is -0.462 e. The van der Waals surface area contributed by atoms with E-state index in [1.807, 2.05) is 13.8 Å². The maximum atomic E-state index is 11.8. The van der Waals surface area contributed by atoms with Gasteiger partial charge in [0.15, 0.2) is 0 Å². The first kappa shape index (κ1) is 13.5. The van der Waals surface area contributed by atoms with Crippen LogP contribution >= 0.6 is 0 Å². The van der Waals surface area contributed by atoms with E-state index in [9.17, 15) is 4.79 Å². The quantitative estimate of drug-likeness (QED) is 0.579. The molecule has 0 amide bonds. The van der Waals surface area contributed by atoms with Gasteiger partial charge in [0.1, 0.15) is 6.10 Å². The molecule has 3 heteroatoms. The number of rotatable bonds is 5. The van der Waals surface area contributed by atoms with Crippen molar-refractivity contribution in [2.24, 2.45) is 5.92 Å². The molecule has 1 aliphatic rings. The highest BCUT2D eigenvalue weighted by atomic mass is 16.5. The van der Waals surface area contributed by atoms with Gasteiger partial charge in [0.05, 0.1) is 5.92 Å². The van der Waals surface area contributed by atoms with E-state index in [-0.39, 0.29) is 18.0 Å². The van der Waals surface area contributed by atoms with E-state index >= 15 is 0 Å². The number of hydrogen-bond donors (Lipinski definition) is 1. The Morgan fingerprint density at radius 2 is 1.94 bits per heavy atom. The van der Waals surface area contributed by atoms with Gasteiger partial charge in [-0.05, 0) is 32.2 Å². The molecule has 0 aromatic heterocycles. The van der Waals surface area contributed by atoms with E-state index in [1.54, 1.807) is 0 Å². The van der Waals surface area contributed by atoms with Crippen LogP contribution in [0, 0.1) is 5.92 Å². The summed E-state index contributed by atoms with van der Waals surface area (Å²) in [6.07, 6.45) is 7.29. The Morgan fingerprint density at radius 3 is 2.50 bits per heavy atom. The van der Waals surface area contributed by atoms with Crippen LogP contribution in [-0.4, -0.2) is 25.2 Å². The van der Waals surface area contributed by atoms with Gasteiger partial charge >= 0.3 is 5.97 Å². The van der Waals surface area contributed by atoms with Crippen LogP contribution in [0.3, 0.4) is 0 Å². The fraction of sp³-hybridized carbons (Fsp3) is 0.923. The summed E-state index contributed by atoms with van der Waals surface area (Å²) in [4.78, 5) is 11.8. The number of carbonyl (C=O) groups is 1. The molecule has 0 aliphatic heterocycles. The number of nitrogens with one attached hydrogen (secondary N) is 1.